The maximum absolute atomic E-state index is 5.97. The smallest absolute Gasteiger partial charge is 0.129 e. The zero-order valence-corrected chi connectivity index (χ0v) is 11.5. The summed E-state index contributed by atoms with van der Waals surface area (Å²) in [7, 11) is 0. The molecule has 3 nitrogen and oxygen atoms in total. The molecule has 94 valence electrons. The largest absolute Gasteiger partial charge is 0.354 e. The first-order valence-corrected chi connectivity index (χ1v) is 7.21. The summed E-state index contributed by atoms with van der Waals surface area (Å²) in [6.45, 7) is 4.08. The molecule has 3 heterocycles. The van der Waals surface area contributed by atoms with Gasteiger partial charge in [-0.1, -0.05) is 17.7 Å². The van der Waals surface area contributed by atoms with Gasteiger partial charge in [-0.2, -0.15) is 0 Å². The van der Waals surface area contributed by atoms with E-state index in [-0.39, 0.29) is 0 Å². The molecule has 2 aromatic heterocycles. The minimum Gasteiger partial charge on any atom is -0.354 e. The quantitative estimate of drug-likeness (QED) is 0.916. The molecule has 0 bridgehead atoms. The van der Waals surface area contributed by atoms with Crippen LogP contribution in [-0.2, 0) is 0 Å². The monoisotopic (exact) mass is 279 g/mol. The van der Waals surface area contributed by atoms with Crippen molar-refractivity contribution in [1.82, 2.24) is 10.3 Å². The zero-order valence-electron chi connectivity index (χ0n) is 9.90. The lowest BCUT2D eigenvalue weighted by Crippen LogP contribution is -2.43. The number of piperazine rings is 1. The van der Waals surface area contributed by atoms with Crippen molar-refractivity contribution in [2.75, 3.05) is 31.1 Å². The van der Waals surface area contributed by atoms with Gasteiger partial charge in [-0.15, -0.1) is 11.3 Å². The number of rotatable bonds is 2. The van der Waals surface area contributed by atoms with Gasteiger partial charge in [0.2, 0.25) is 0 Å². The van der Waals surface area contributed by atoms with E-state index in [4.69, 9.17) is 16.6 Å². The van der Waals surface area contributed by atoms with E-state index < -0.39 is 0 Å². The summed E-state index contributed by atoms with van der Waals surface area (Å²) < 4.78 is 0.805. The van der Waals surface area contributed by atoms with E-state index in [9.17, 15) is 0 Å². The minimum absolute atomic E-state index is 0.805. The minimum atomic E-state index is 0.805. The number of halogens is 1. The van der Waals surface area contributed by atoms with Crippen LogP contribution in [0.2, 0.25) is 4.34 Å². The second-order valence-electron chi connectivity index (χ2n) is 4.22. The van der Waals surface area contributed by atoms with Crippen molar-refractivity contribution >= 4 is 28.8 Å². The molecule has 1 saturated heterocycles. The highest BCUT2D eigenvalue weighted by molar-refractivity contribution is 7.19. The molecule has 2 aromatic rings. The third-order valence-electron chi connectivity index (χ3n) is 3.00. The van der Waals surface area contributed by atoms with Crippen LogP contribution in [0.3, 0.4) is 0 Å². The molecule has 3 rings (SSSR count). The van der Waals surface area contributed by atoms with Gasteiger partial charge in [0, 0.05) is 26.2 Å². The average Bonchev–Trinajstić information content (AvgIpc) is 2.87. The molecule has 0 spiro atoms. The highest BCUT2D eigenvalue weighted by Gasteiger charge is 2.12. The van der Waals surface area contributed by atoms with E-state index in [0.29, 0.717) is 0 Å². The molecular formula is C13H14ClN3S. The molecule has 1 aliphatic rings. The predicted molar refractivity (Wildman–Crippen MR) is 77.6 cm³/mol. The van der Waals surface area contributed by atoms with Crippen LogP contribution in [0, 0.1) is 0 Å². The molecule has 0 aromatic carbocycles. The van der Waals surface area contributed by atoms with Gasteiger partial charge in [-0.3, -0.25) is 0 Å². The molecule has 0 saturated carbocycles. The Morgan fingerprint density at radius 2 is 2.00 bits per heavy atom. The van der Waals surface area contributed by atoms with Crippen LogP contribution in [0.5, 0.6) is 0 Å². The second-order valence-corrected chi connectivity index (χ2v) is 5.94. The third kappa shape index (κ3) is 2.51. The van der Waals surface area contributed by atoms with Gasteiger partial charge in [0.1, 0.15) is 5.82 Å². The number of pyridine rings is 1. The Hall–Kier alpha value is -1.10. The molecule has 18 heavy (non-hydrogen) atoms. The number of thiophene rings is 1. The highest BCUT2D eigenvalue weighted by atomic mass is 35.5. The molecule has 5 heteroatoms. The fraction of sp³-hybridized carbons (Fsp3) is 0.308. The molecule has 0 unspecified atom stereocenters. The molecular weight excluding hydrogens is 266 g/mol. The summed E-state index contributed by atoms with van der Waals surface area (Å²) in [4.78, 5) is 8.17. The Labute approximate surface area is 115 Å². The van der Waals surface area contributed by atoms with Gasteiger partial charge in [0.15, 0.2) is 0 Å². The van der Waals surface area contributed by atoms with Crippen molar-refractivity contribution in [3.05, 3.63) is 34.7 Å². The molecule has 0 radical (unpaired) electrons. The van der Waals surface area contributed by atoms with Crippen LogP contribution in [0.25, 0.3) is 10.6 Å². The van der Waals surface area contributed by atoms with Crippen LogP contribution < -0.4 is 10.2 Å². The first kappa shape index (κ1) is 12.0. The van der Waals surface area contributed by atoms with Gasteiger partial charge in [-0.25, -0.2) is 4.98 Å². The van der Waals surface area contributed by atoms with E-state index in [2.05, 4.69) is 22.3 Å². The Kier molecular flexibility index (Phi) is 3.50. The van der Waals surface area contributed by atoms with Crippen molar-refractivity contribution in [3.8, 4) is 10.6 Å². The fourth-order valence-corrected chi connectivity index (χ4v) is 3.10. The average molecular weight is 280 g/mol. The third-order valence-corrected chi connectivity index (χ3v) is 4.25. The van der Waals surface area contributed by atoms with E-state index in [1.807, 2.05) is 18.2 Å². The van der Waals surface area contributed by atoms with Crippen LogP contribution in [0.4, 0.5) is 5.82 Å². The summed E-state index contributed by atoms with van der Waals surface area (Å²) in [6, 6.07) is 10.1. The normalized spacial score (nSPS) is 15.9. The molecule has 0 atom stereocenters. The number of hydrogen-bond acceptors (Lipinski definition) is 4. The van der Waals surface area contributed by atoms with Crippen molar-refractivity contribution in [3.63, 3.8) is 0 Å². The van der Waals surface area contributed by atoms with E-state index in [0.717, 1.165) is 46.9 Å². The molecule has 1 N–H and O–H groups in total. The van der Waals surface area contributed by atoms with E-state index >= 15 is 0 Å². The highest BCUT2D eigenvalue weighted by Crippen LogP contribution is 2.30. The summed E-state index contributed by atoms with van der Waals surface area (Å²) in [5.74, 6) is 1.05. The summed E-state index contributed by atoms with van der Waals surface area (Å²) in [5.41, 5.74) is 1.00. The first-order valence-electron chi connectivity index (χ1n) is 6.01. The lowest BCUT2D eigenvalue weighted by molar-refractivity contribution is 0.585. The van der Waals surface area contributed by atoms with Gasteiger partial charge in [-0.05, 0) is 24.3 Å². The summed E-state index contributed by atoms with van der Waals surface area (Å²) in [5, 5.41) is 3.35. The van der Waals surface area contributed by atoms with Gasteiger partial charge in [0.05, 0.1) is 14.9 Å². The summed E-state index contributed by atoms with van der Waals surface area (Å²) >= 11 is 7.54. The maximum Gasteiger partial charge on any atom is 0.129 e. The number of nitrogens with zero attached hydrogens (tertiary/aromatic N) is 2. The molecule has 0 amide bonds. The number of hydrogen-bond donors (Lipinski definition) is 1. The molecule has 1 aliphatic heterocycles. The Morgan fingerprint density at radius 1 is 1.17 bits per heavy atom. The first-order chi connectivity index (χ1) is 8.83. The Bertz CT molecular complexity index is 535. The lowest BCUT2D eigenvalue weighted by atomic mass is 10.3. The summed E-state index contributed by atoms with van der Waals surface area (Å²) in [6.07, 6.45) is 0. The SMILES string of the molecule is Clc1ccc(-c2cccc(N3CCNCC3)n2)s1. The van der Waals surface area contributed by atoms with Crippen LogP contribution >= 0.6 is 22.9 Å². The van der Waals surface area contributed by atoms with Crippen LogP contribution in [0.15, 0.2) is 30.3 Å². The second kappa shape index (κ2) is 5.26. The maximum atomic E-state index is 5.97. The van der Waals surface area contributed by atoms with Crippen molar-refractivity contribution in [2.24, 2.45) is 0 Å². The topological polar surface area (TPSA) is 28.2 Å². The van der Waals surface area contributed by atoms with Crippen molar-refractivity contribution in [1.29, 1.82) is 0 Å². The Morgan fingerprint density at radius 3 is 2.72 bits per heavy atom. The van der Waals surface area contributed by atoms with Gasteiger partial charge >= 0.3 is 0 Å². The van der Waals surface area contributed by atoms with E-state index in [1.165, 1.54) is 0 Å². The number of aromatic nitrogens is 1. The predicted octanol–water partition coefficient (Wildman–Crippen LogP) is 2.87. The van der Waals surface area contributed by atoms with Crippen molar-refractivity contribution in [2.45, 2.75) is 0 Å². The molecule has 0 aliphatic carbocycles. The van der Waals surface area contributed by atoms with Crippen molar-refractivity contribution < 1.29 is 0 Å². The Balaban J connectivity index is 1.88. The van der Waals surface area contributed by atoms with Gasteiger partial charge in [0.25, 0.3) is 0 Å². The number of anilines is 1. The standard InChI is InChI=1S/C13H14ClN3S/c14-12-5-4-11(18-12)10-2-1-3-13(16-10)17-8-6-15-7-9-17/h1-5,15H,6-9H2. The van der Waals surface area contributed by atoms with Gasteiger partial charge < -0.3 is 10.2 Å². The van der Waals surface area contributed by atoms with Crippen LogP contribution in [-0.4, -0.2) is 31.2 Å². The van der Waals surface area contributed by atoms with Crippen LogP contribution in [0.1, 0.15) is 0 Å². The van der Waals surface area contributed by atoms with E-state index in [1.54, 1.807) is 11.3 Å². The fourth-order valence-electron chi connectivity index (χ4n) is 2.08. The zero-order chi connectivity index (χ0) is 12.4. The lowest BCUT2D eigenvalue weighted by Gasteiger charge is -2.28. The number of nitrogens with one attached hydrogen (secondary N) is 1. The molecule has 1 fully saturated rings.